The van der Waals surface area contributed by atoms with E-state index in [1.807, 2.05) is 6.92 Å². The summed E-state index contributed by atoms with van der Waals surface area (Å²) in [7, 11) is 0. The van der Waals surface area contributed by atoms with Crippen molar-refractivity contribution in [3.63, 3.8) is 0 Å². The minimum absolute atomic E-state index is 0.135. The van der Waals surface area contributed by atoms with E-state index in [1.165, 1.54) is 16.7 Å². The number of carbonyl (C=O) groups is 1. The van der Waals surface area contributed by atoms with E-state index < -0.39 is 0 Å². The first kappa shape index (κ1) is 15.5. The van der Waals surface area contributed by atoms with Gasteiger partial charge >= 0.3 is 6.03 Å². The van der Waals surface area contributed by atoms with Gasteiger partial charge in [-0.05, 0) is 37.4 Å². The number of amides is 2. The number of hydrogen-bond acceptors (Lipinski definition) is 3. The van der Waals surface area contributed by atoms with E-state index in [0.717, 1.165) is 25.1 Å². The zero-order chi connectivity index (χ0) is 15.4. The lowest BCUT2D eigenvalue weighted by Crippen LogP contribution is -2.54. The van der Waals surface area contributed by atoms with Crippen LogP contribution >= 0.6 is 0 Å². The highest BCUT2D eigenvalue weighted by atomic mass is 16.2. The van der Waals surface area contributed by atoms with Crippen molar-refractivity contribution in [2.45, 2.75) is 46.8 Å². The molecule has 1 unspecified atom stereocenters. The molecule has 1 heterocycles. The molecular weight excluding hydrogens is 264 g/mol. The molecule has 1 aromatic rings. The third-order valence-corrected chi connectivity index (χ3v) is 3.62. The Hall–Kier alpha value is -1.88. The smallest absolute Gasteiger partial charge is 0.303 e. The Balaban J connectivity index is 2.42. The summed E-state index contributed by atoms with van der Waals surface area (Å²) in [6.45, 7) is 9.05. The number of nitrogens with zero attached hydrogens (tertiary/aromatic N) is 2. The number of nitrogens with one attached hydrogen (secondary N) is 2. The number of carbonyl (C=O) groups excluding carboxylic acids is 1. The molecule has 0 aromatic heterocycles. The molecule has 0 saturated heterocycles. The number of aryl methyl sites for hydroxylation is 3. The topological polar surface area (TPSA) is 56.7 Å². The predicted octanol–water partition coefficient (Wildman–Crippen LogP) is 2.57. The van der Waals surface area contributed by atoms with Crippen molar-refractivity contribution < 1.29 is 4.79 Å². The molecule has 21 heavy (non-hydrogen) atoms. The lowest BCUT2D eigenvalue weighted by Gasteiger charge is -2.30. The van der Waals surface area contributed by atoms with Crippen LogP contribution < -0.4 is 15.5 Å². The lowest BCUT2D eigenvalue weighted by molar-refractivity contribution is 0.242. The molecule has 1 atom stereocenters. The van der Waals surface area contributed by atoms with Crippen LogP contribution in [0.5, 0.6) is 0 Å². The highest BCUT2D eigenvalue weighted by molar-refractivity contribution is 6.10. The van der Waals surface area contributed by atoms with Gasteiger partial charge in [-0.15, -0.1) is 0 Å². The third-order valence-electron chi connectivity index (χ3n) is 3.62. The molecule has 2 amide bonds. The highest BCUT2D eigenvalue weighted by Gasteiger charge is 2.25. The summed E-state index contributed by atoms with van der Waals surface area (Å²) in [4.78, 5) is 18.4. The quantitative estimate of drug-likeness (QED) is 0.875. The molecular formula is C16H24N4O. The van der Waals surface area contributed by atoms with Crippen molar-refractivity contribution in [2.24, 2.45) is 4.99 Å². The van der Waals surface area contributed by atoms with Crippen LogP contribution in [0.15, 0.2) is 17.1 Å². The summed E-state index contributed by atoms with van der Waals surface area (Å²) in [6.07, 6.45) is 3.07. The maximum Gasteiger partial charge on any atom is 0.329 e. The van der Waals surface area contributed by atoms with Gasteiger partial charge in [0.25, 0.3) is 0 Å². The summed E-state index contributed by atoms with van der Waals surface area (Å²) < 4.78 is 0. The second kappa shape index (κ2) is 6.72. The van der Waals surface area contributed by atoms with Crippen molar-refractivity contribution in [2.75, 3.05) is 11.4 Å². The number of rotatable bonds is 5. The van der Waals surface area contributed by atoms with Gasteiger partial charge in [0.05, 0.1) is 5.69 Å². The molecule has 1 aromatic carbocycles. The molecule has 1 aliphatic rings. The molecule has 0 saturated carbocycles. The normalized spacial score (nSPS) is 18.0. The Morgan fingerprint density at radius 3 is 2.33 bits per heavy atom. The van der Waals surface area contributed by atoms with E-state index >= 15 is 0 Å². The van der Waals surface area contributed by atoms with Gasteiger partial charge in [-0.25, -0.2) is 9.79 Å². The molecule has 2 rings (SSSR count). The molecule has 1 aliphatic heterocycles. The van der Waals surface area contributed by atoms with Crippen LogP contribution in [0.25, 0.3) is 0 Å². The summed E-state index contributed by atoms with van der Waals surface area (Å²) in [6, 6.07) is 4.15. The number of aliphatic imine (C=N–C) groups is 1. The van der Waals surface area contributed by atoms with Gasteiger partial charge in [-0.1, -0.05) is 38.5 Å². The van der Waals surface area contributed by atoms with Crippen molar-refractivity contribution >= 4 is 18.1 Å². The van der Waals surface area contributed by atoms with Crippen molar-refractivity contribution in [3.05, 3.63) is 28.8 Å². The first-order chi connectivity index (χ1) is 10.1. The van der Waals surface area contributed by atoms with Crippen LogP contribution in [0.1, 0.15) is 37.5 Å². The van der Waals surface area contributed by atoms with E-state index in [-0.39, 0.29) is 12.3 Å². The summed E-state index contributed by atoms with van der Waals surface area (Å²) in [5.74, 6) is 0. The van der Waals surface area contributed by atoms with Crippen molar-refractivity contribution in [1.82, 2.24) is 10.6 Å². The largest absolute Gasteiger partial charge is 0.329 e. The Morgan fingerprint density at radius 1 is 1.24 bits per heavy atom. The van der Waals surface area contributed by atoms with Gasteiger partial charge in [-0.3, -0.25) is 10.2 Å². The van der Waals surface area contributed by atoms with Gasteiger partial charge < -0.3 is 5.32 Å². The van der Waals surface area contributed by atoms with Crippen molar-refractivity contribution in [1.29, 1.82) is 0 Å². The Bertz CT molecular complexity index is 528. The molecule has 0 aliphatic carbocycles. The first-order valence-corrected chi connectivity index (χ1v) is 7.59. The van der Waals surface area contributed by atoms with Crippen molar-refractivity contribution in [3.8, 4) is 0 Å². The SMILES string of the molecule is CCNC1N=CN(c2c(CC)cc(C)cc2CC)C(=O)N1. The second-order valence-electron chi connectivity index (χ2n) is 5.18. The molecule has 0 fully saturated rings. The average molecular weight is 288 g/mol. The van der Waals surface area contributed by atoms with Crippen LogP contribution in [0.3, 0.4) is 0 Å². The first-order valence-electron chi connectivity index (χ1n) is 7.59. The van der Waals surface area contributed by atoms with Crippen LogP contribution in [-0.2, 0) is 12.8 Å². The second-order valence-corrected chi connectivity index (χ2v) is 5.18. The Labute approximate surface area is 126 Å². The average Bonchev–Trinajstić information content (AvgIpc) is 2.47. The fraction of sp³-hybridized carbons (Fsp3) is 0.500. The maximum atomic E-state index is 12.4. The van der Waals surface area contributed by atoms with Crippen LogP contribution in [0.2, 0.25) is 0 Å². The van der Waals surface area contributed by atoms with E-state index in [0.29, 0.717) is 0 Å². The van der Waals surface area contributed by atoms with E-state index in [9.17, 15) is 4.79 Å². The van der Waals surface area contributed by atoms with Gasteiger partial charge in [-0.2, -0.15) is 0 Å². The molecule has 5 nitrogen and oxygen atoms in total. The Kier molecular flexibility index (Phi) is 4.96. The summed E-state index contributed by atoms with van der Waals surface area (Å²) >= 11 is 0. The molecule has 5 heteroatoms. The van der Waals surface area contributed by atoms with E-state index in [1.54, 1.807) is 11.2 Å². The highest BCUT2D eigenvalue weighted by Crippen LogP contribution is 2.28. The van der Waals surface area contributed by atoms with Gasteiger partial charge in [0.15, 0.2) is 6.29 Å². The lowest BCUT2D eigenvalue weighted by atomic mass is 9.99. The minimum atomic E-state index is -0.334. The zero-order valence-corrected chi connectivity index (χ0v) is 13.2. The standard InChI is InChI=1S/C16H24N4O/c1-5-12-8-11(4)9-13(6-2)14(12)20-10-18-15(17-7-3)19-16(20)21/h8-10,15,17H,5-7H2,1-4H3,(H,19,21). The number of hydrogen-bond donors (Lipinski definition) is 2. The summed E-state index contributed by atoms with van der Waals surface area (Å²) in [5, 5.41) is 5.96. The molecule has 0 bridgehead atoms. The summed E-state index contributed by atoms with van der Waals surface area (Å²) in [5.41, 5.74) is 4.56. The van der Waals surface area contributed by atoms with Gasteiger partial charge in [0.1, 0.15) is 6.34 Å². The molecule has 0 spiro atoms. The molecule has 0 radical (unpaired) electrons. The maximum absolute atomic E-state index is 12.4. The van der Waals surface area contributed by atoms with Crippen LogP contribution in [0, 0.1) is 6.92 Å². The van der Waals surface area contributed by atoms with Gasteiger partial charge in [0.2, 0.25) is 0 Å². The Morgan fingerprint density at radius 2 is 1.86 bits per heavy atom. The number of anilines is 1. The fourth-order valence-electron chi connectivity index (χ4n) is 2.65. The zero-order valence-electron chi connectivity index (χ0n) is 13.2. The third kappa shape index (κ3) is 3.24. The van der Waals surface area contributed by atoms with Crippen LogP contribution in [0.4, 0.5) is 10.5 Å². The fourth-order valence-corrected chi connectivity index (χ4v) is 2.65. The number of urea groups is 1. The van der Waals surface area contributed by atoms with E-state index in [4.69, 9.17) is 0 Å². The van der Waals surface area contributed by atoms with Gasteiger partial charge in [0, 0.05) is 0 Å². The monoisotopic (exact) mass is 288 g/mol. The predicted molar refractivity (Wildman–Crippen MR) is 86.9 cm³/mol. The minimum Gasteiger partial charge on any atom is -0.303 e. The molecule has 2 N–H and O–H groups in total. The molecule has 114 valence electrons. The van der Waals surface area contributed by atoms with E-state index in [2.05, 4.69) is 48.5 Å². The van der Waals surface area contributed by atoms with Crippen LogP contribution in [-0.4, -0.2) is 25.2 Å². The number of benzene rings is 1.